The molecule has 0 aromatic heterocycles. The summed E-state index contributed by atoms with van der Waals surface area (Å²) in [6.45, 7) is 16.7. The number of likely N-dealkylation sites (N-methyl/N-ethyl adjacent to an activating group) is 1. The molecule has 0 spiro atoms. The average Bonchev–Trinajstić information content (AvgIpc) is 3.27. The van der Waals surface area contributed by atoms with Gasteiger partial charge in [0.25, 0.3) is 5.91 Å². The molecular formula is C35H57N5O7S. The zero-order valence-corrected chi connectivity index (χ0v) is 31.1. The minimum absolute atomic E-state index is 0.0306. The molecule has 2 unspecified atom stereocenters. The highest BCUT2D eigenvalue weighted by atomic mass is 32.2. The topological polar surface area (TPSA) is 171 Å². The standard InChI is InChI=1S/C35H57N5O7S/c1-11-13-17-23(26(41)29(43)36-12-2)37-28(42)25-24-22(34(24,9)10)20-40(25)30(44)27(32(3,4)5)38-31(45)39-35(18-15-14-16-19-35)21-48(46,47)33(6,7)8/h1,22-25,27H,12-21H2,2-10H3,(H,36,43)(H,37,42)(H2,38,39,45)/t22?,23?,24-,25-,27+/m0/s1. The Labute approximate surface area is 287 Å². The van der Waals surface area contributed by atoms with E-state index in [1.54, 1.807) is 27.7 Å². The van der Waals surface area contributed by atoms with Crippen molar-refractivity contribution in [2.45, 2.75) is 136 Å². The van der Waals surface area contributed by atoms with Gasteiger partial charge in [-0.15, -0.1) is 12.3 Å². The Morgan fingerprint density at radius 2 is 1.58 bits per heavy atom. The van der Waals surface area contributed by atoms with Crippen LogP contribution in [0.1, 0.15) is 107 Å². The van der Waals surface area contributed by atoms with Gasteiger partial charge in [0.2, 0.25) is 17.6 Å². The molecule has 3 rings (SSSR count). The van der Waals surface area contributed by atoms with Crippen LogP contribution in [0, 0.1) is 35.0 Å². The molecular weight excluding hydrogens is 634 g/mol. The van der Waals surface area contributed by atoms with Crippen LogP contribution in [0.3, 0.4) is 0 Å². The van der Waals surface area contributed by atoms with Crippen LogP contribution >= 0.6 is 0 Å². The van der Waals surface area contributed by atoms with Gasteiger partial charge in [-0.1, -0.05) is 53.9 Å². The first-order valence-corrected chi connectivity index (χ1v) is 18.9. The number of carbonyl (C=O) groups excluding carboxylic acids is 5. The van der Waals surface area contributed by atoms with Crippen LogP contribution in [-0.2, 0) is 29.0 Å². The van der Waals surface area contributed by atoms with Crippen LogP contribution in [0.25, 0.3) is 0 Å². The number of piperidine rings is 1. The lowest BCUT2D eigenvalue weighted by Gasteiger charge is -2.41. The van der Waals surface area contributed by atoms with E-state index in [4.69, 9.17) is 6.42 Å². The lowest BCUT2D eigenvalue weighted by Crippen LogP contribution is -2.64. The predicted molar refractivity (Wildman–Crippen MR) is 184 cm³/mol. The molecule has 13 heteroatoms. The van der Waals surface area contributed by atoms with Crippen molar-refractivity contribution < 1.29 is 32.4 Å². The quantitative estimate of drug-likeness (QED) is 0.180. The summed E-state index contributed by atoms with van der Waals surface area (Å²) in [6.07, 6.45) is 9.15. The van der Waals surface area contributed by atoms with E-state index in [-0.39, 0.29) is 48.9 Å². The first-order valence-electron chi connectivity index (χ1n) is 17.2. The zero-order valence-electron chi connectivity index (χ0n) is 30.2. The van der Waals surface area contributed by atoms with Gasteiger partial charge in [0.1, 0.15) is 12.1 Å². The monoisotopic (exact) mass is 691 g/mol. The number of nitrogens with zero attached hydrogens (tertiary/aromatic N) is 1. The molecule has 5 amide bonds. The Morgan fingerprint density at radius 3 is 2.10 bits per heavy atom. The number of Topliss-reactive ketones (excluding diaryl/α,β-unsaturated/α-hetero) is 1. The molecule has 0 radical (unpaired) electrons. The number of carbonyl (C=O) groups is 5. The van der Waals surface area contributed by atoms with Gasteiger partial charge in [-0.3, -0.25) is 19.2 Å². The van der Waals surface area contributed by atoms with Crippen molar-refractivity contribution in [3.63, 3.8) is 0 Å². The van der Waals surface area contributed by atoms with E-state index >= 15 is 0 Å². The zero-order chi connectivity index (χ0) is 36.5. The summed E-state index contributed by atoms with van der Waals surface area (Å²) in [5, 5.41) is 11.0. The second-order valence-corrected chi connectivity index (χ2v) is 19.3. The van der Waals surface area contributed by atoms with E-state index in [0.717, 1.165) is 19.3 Å². The third-order valence-electron chi connectivity index (χ3n) is 10.5. The lowest BCUT2D eigenvalue weighted by atomic mass is 9.83. The summed E-state index contributed by atoms with van der Waals surface area (Å²) < 4.78 is 25.6. The number of hydrogen-bond donors (Lipinski definition) is 4. The van der Waals surface area contributed by atoms with E-state index in [1.165, 1.54) is 4.90 Å². The average molecular weight is 692 g/mol. The summed E-state index contributed by atoms with van der Waals surface area (Å²) >= 11 is 0. The molecule has 0 bridgehead atoms. The minimum atomic E-state index is -3.57. The molecule has 1 aliphatic heterocycles. The van der Waals surface area contributed by atoms with Crippen molar-refractivity contribution in [1.29, 1.82) is 0 Å². The van der Waals surface area contributed by atoms with Gasteiger partial charge in [0.15, 0.2) is 9.84 Å². The molecule has 3 fully saturated rings. The number of amides is 5. The minimum Gasteiger partial charge on any atom is -0.350 e. The molecule has 1 heterocycles. The van der Waals surface area contributed by atoms with E-state index in [2.05, 4.69) is 27.2 Å². The van der Waals surface area contributed by atoms with Gasteiger partial charge in [0.05, 0.1) is 22.1 Å². The second kappa shape index (κ2) is 14.4. The van der Waals surface area contributed by atoms with Crippen molar-refractivity contribution in [1.82, 2.24) is 26.2 Å². The number of fused-ring (bicyclic) bond motifs is 1. The third-order valence-corrected chi connectivity index (χ3v) is 13.3. The normalized spacial score (nSPS) is 24.2. The SMILES string of the molecule is C#CCCC(NC(=O)[C@@H]1[C@@H]2C(CN1C(=O)[C@@H](NC(=O)NC1(CS(=O)(=O)C(C)(C)C)CCCCC1)C(C)(C)C)C2(C)C)C(=O)C(=O)NCC. The number of ketones is 1. The van der Waals surface area contributed by atoms with Gasteiger partial charge >= 0.3 is 6.03 Å². The molecule has 0 aromatic rings. The molecule has 3 aliphatic rings. The van der Waals surface area contributed by atoms with Gasteiger partial charge in [-0.2, -0.15) is 0 Å². The Kier molecular flexibility index (Phi) is 11.8. The van der Waals surface area contributed by atoms with Crippen molar-refractivity contribution in [2.24, 2.45) is 22.7 Å². The molecule has 4 N–H and O–H groups in total. The summed E-state index contributed by atoms with van der Waals surface area (Å²) in [6, 6.07) is -3.77. The number of hydrogen-bond acceptors (Lipinski definition) is 7. The molecule has 48 heavy (non-hydrogen) atoms. The summed E-state index contributed by atoms with van der Waals surface area (Å²) in [5.74, 6) is -0.533. The van der Waals surface area contributed by atoms with Crippen molar-refractivity contribution >= 4 is 39.4 Å². The molecule has 2 aliphatic carbocycles. The Morgan fingerprint density at radius 1 is 0.979 bits per heavy atom. The van der Waals surface area contributed by atoms with Crippen LogP contribution in [0.2, 0.25) is 0 Å². The van der Waals surface area contributed by atoms with E-state index in [0.29, 0.717) is 12.8 Å². The van der Waals surface area contributed by atoms with Crippen molar-refractivity contribution in [2.75, 3.05) is 18.8 Å². The van der Waals surface area contributed by atoms with Crippen LogP contribution in [-0.4, -0.2) is 90.1 Å². The van der Waals surface area contributed by atoms with Crippen molar-refractivity contribution in [3.05, 3.63) is 0 Å². The number of terminal acetylenes is 1. The highest BCUT2D eigenvalue weighted by Gasteiger charge is 2.70. The van der Waals surface area contributed by atoms with E-state index in [9.17, 15) is 32.4 Å². The first-order chi connectivity index (χ1) is 22.0. The maximum atomic E-state index is 14.4. The Bertz CT molecular complexity index is 1410. The molecule has 0 aromatic carbocycles. The smallest absolute Gasteiger partial charge is 0.315 e. The van der Waals surface area contributed by atoms with Gasteiger partial charge in [0, 0.05) is 19.5 Å². The van der Waals surface area contributed by atoms with Crippen LogP contribution in [0.15, 0.2) is 0 Å². The highest BCUT2D eigenvalue weighted by Crippen LogP contribution is 2.65. The largest absolute Gasteiger partial charge is 0.350 e. The second-order valence-electron chi connectivity index (χ2n) is 16.5. The first kappa shape index (κ1) is 39.3. The fourth-order valence-corrected chi connectivity index (χ4v) is 8.83. The summed E-state index contributed by atoms with van der Waals surface area (Å²) in [5.41, 5.74) is -1.98. The van der Waals surface area contributed by atoms with Crippen LogP contribution in [0.4, 0.5) is 4.79 Å². The van der Waals surface area contributed by atoms with Crippen LogP contribution in [0.5, 0.6) is 0 Å². The number of urea groups is 1. The maximum absolute atomic E-state index is 14.4. The molecule has 1 saturated heterocycles. The third kappa shape index (κ3) is 8.52. The highest BCUT2D eigenvalue weighted by molar-refractivity contribution is 7.92. The maximum Gasteiger partial charge on any atom is 0.315 e. The van der Waals surface area contributed by atoms with Crippen LogP contribution < -0.4 is 21.3 Å². The fourth-order valence-electron chi connectivity index (χ4n) is 7.31. The van der Waals surface area contributed by atoms with Crippen molar-refractivity contribution in [3.8, 4) is 12.3 Å². The molecule has 2 saturated carbocycles. The van der Waals surface area contributed by atoms with Gasteiger partial charge < -0.3 is 26.2 Å². The summed E-state index contributed by atoms with van der Waals surface area (Å²) in [7, 11) is -3.57. The van der Waals surface area contributed by atoms with E-state index < -0.39 is 73.2 Å². The number of likely N-dealkylation sites (tertiary alicyclic amines) is 1. The number of rotatable bonds is 12. The summed E-state index contributed by atoms with van der Waals surface area (Å²) in [4.78, 5) is 68.9. The molecule has 270 valence electrons. The van der Waals surface area contributed by atoms with E-state index in [1.807, 2.05) is 34.6 Å². The number of sulfone groups is 1. The lowest BCUT2D eigenvalue weighted by molar-refractivity contribution is -0.145. The van der Waals surface area contributed by atoms with Gasteiger partial charge in [-0.25, -0.2) is 13.2 Å². The fraction of sp³-hybridized carbons (Fsp3) is 0.800. The van der Waals surface area contributed by atoms with Gasteiger partial charge in [-0.05, 0) is 69.6 Å². The number of nitrogens with one attached hydrogen (secondary N) is 4. The Balaban J connectivity index is 1.87. The predicted octanol–water partition coefficient (Wildman–Crippen LogP) is 2.70. The Hall–Kier alpha value is -3.14. The molecule has 12 nitrogen and oxygen atoms in total. The molecule has 5 atom stereocenters.